The van der Waals surface area contributed by atoms with Gasteiger partial charge in [-0.25, -0.2) is 4.39 Å². The van der Waals surface area contributed by atoms with Gasteiger partial charge in [0.05, 0.1) is 0 Å². The molecule has 1 aliphatic heterocycles. The summed E-state index contributed by atoms with van der Waals surface area (Å²) in [7, 11) is 0. The second-order valence-electron chi connectivity index (χ2n) is 6.56. The minimum absolute atomic E-state index is 0.113. The molecule has 1 saturated heterocycles. The minimum Gasteiger partial charge on any atom is -0.342 e. The second kappa shape index (κ2) is 8.04. The largest absolute Gasteiger partial charge is 0.342 e. The van der Waals surface area contributed by atoms with Crippen molar-refractivity contribution in [2.24, 2.45) is 5.92 Å². The molecule has 0 radical (unpaired) electrons. The van der Waals surface area contributed by atoms with Crippen LogP contribution in [0.2, 0.25) is 0 Å². The molecule has 1 aromatic heterocycles. The Bertz CT molecular complexity index is 729. The zero-order chi connectivity index (χ0) is 17.8. The molecule has 2 heterocycles. The van der Waals surface area contributed by atoms with E-state index in [1.54, 1.807) is 18.2 Å². The normalized spacial score (nSPS) is 17.9. The molecule has 0 saturated carbocycles. The fourth-order valence-electron chi connectivity index (χ4n) is 3.42. The number of nitrogens with zero attached hydrogens (tertiary/aromatic N) is 3. The molecule has 1 amide bonds. The van der Waals surface area contributed by atoms with Crippen molar-refractivity contribution < 1.29 is 9.18 Å². The number of benzene rings is 1. The van der Waals surface area contributed by atoms with E-state index in [1.807, 2.05) is 4.90 Å². The molecule has 0 N–H and O–H groups in total. The van der Waals surface area contributed by atoms with E-state index in [0.29, 0.717) is 17.1 Å². The van der Waals surface area contributed by atoms with Gasteiger partial charge in [0.2, 0.25) is 5.91 Å². The number of carbonyl (C=O) groups excluding carboxylic acids is 1. The molecular weight excluding hydrogens is 337 g/mol. The highest BCUT2D eigenvalue weighted by atomic mass is 32.1. The SMILES string of the molecule is CCC(CC)C(=O)N1CCCC(c2nnc(-c3ccccc3F)s2)C1. The van der Waals surface area contributed by atoms with E-state index >= 15 is 0 Å². The summed E-state index contributed by atoms with van der Waals surface area (Å²) in [4.78, 5) is 14.6. The lowest BCUT2D eigenvalue weighted by Crippen LogP contribution is -2.42. The topological polar surface area (TPSA) is 46.1 Å². The zero-order valence-electron chi connectivity index (χ0n) is 14.7. The van der Waals surface area contributed by atoms with Gasteiger partial charge in [-0.15, -0.1) is 10.2 Å². The lowest BCUT2D eigenvalue weighted by molar-refractivity contribution is -0.137. The van der Waals surface area contributed by atoms with E-state index in [2.05, 4.69) is 24.0 Å². The fraction of sp³-hybridized carbons (Fsp3) is 0.526. The maximum absolute atomic E-state index is 13.9. The third kappa shape index (κ3) is 3.89. The van der Waals surface area contributed by atoms with Gasteiger partial charge in [-0.05, 0) is 37.8 Å². The first-order chi connectivity index (χ1) is 12.1. The molecule has 4 nitrogen and oxygen atoms in total. The third-order valence-corrected chi connectivity index (χ3v) is 6.08. The van der Waals surface area contributed by atoms with E-state index in [-0.39, 0.29) is 23.6 Å². The molecule has 0 aliphatic carbocycles. The number of amides is 1. The van der Waals surface area contributed by atoms with Crippen LogP contribution in [0.15, 0.2) is 24.3 Å². The molecule has 1 aromatic carbocycles. The molecule has 0 spiro atoms. The van der Waals surface area contributed by atoms with E-state index in [9.17, 15) is 9.18 Å². The van der Waals surface area contributed by atoms with Gasteiger partial charge in [0.1, 0.15) is 10.8 Å². The summed E-state index contributed by atoms with van der Waals surface area (Å²) in [6.45, 7) is 5.66. The summed E-state index contributed by atoms with van der Waals surface area (Å²) < 4.78 is 13.9. The Hall–Kier alpha value is -1.82. The molecule has 6 heteroatoms. The molecule has 3 rings (SSSR count). The van der Waals surface area contributed by atoms with Gasteiger partial charge in [0.15, 0.2) is 5.01 Å². The maximum atomic E-state index is 13.9. The van der Waals surface area contributed by atoms with Crippen molar-refractivity contribution in [2.45, 2.75) is 45.4 Å². The number of hydrogen-bond acceptors (Lipinski definition) is 4. The van der Waals surface area contributed by atoms with E-state index in [0.717, 1.165) is 37.2 Å². The summed E-state index contributed by atoms with van der Waals surface area (Å²) >= 11 is 1.44. The Morgan fingerprint density at radius 3 is 2.80 bits per heavy atom. The fourth-order valence-corrected chi connectivity index (χ4v) is 4.41. The van der Waals surface area contributed by atoms with Crippen LogP contribution in [-0.4, -0.2) is 34.1 Å². The molecule has 1 unspecified atom stereocenters. The molecule has 25 heavy (non-hydrogen) atoms. The van der Waals surface area contributed by atoms with Crippen LogP contribution in [0.4, 0.5) is 4.39 Å². The highest BCUT2D eigenvalue weighted by molar-refractivity contribution is 7.14. The van der Waals surface area contributed by atoms with Crippen molar-refractivity contribution in [3.63, 3.8) is 0 Å². The number of rotatable bonds is 5. The maximum Gasteiger partial charge on any atom is 0.225 e. The van der Waals surface area contributed by atoms with Crippen LogP contribution in [0.25, 0.3) is 10.6 Å². The predicted molar refractivity (Wildman–Crippen MR) is 97.9 cm³/mol. The van der Waals surface area contributed by atoms with Crippen LogP contribution < -0.4 is 0 Å². The summed E-state index contributed by atoms with van der Waals surface area (Å²) in [5.74, 6) is 0.292. The number of halogens is 1. The van der Waals surface area contributed by atoms with E-state index < -0.39 is 0 Å². The zero-order valence-corrected chi connectivity index (χ0v) is 15.6. The first kappa shape index (κ1) is 18.0. The number of aromatic nitrogens is 2. The van der Waals surface area contributed by atoms with Crippen molar-refractivity contribution in [1.29, 1.82) is 0 Å². The Morgan fingerprint density at radius 2 is 2.08 bits per heavy atom. The van der Waals surface area contributed by atoms with Gasteiger partial charge >= 0.3 is 0 Å². The average molecular weight is 361 g/mol. The Morgan fingerprint density at radius 1 is 1.32 bits per heavy atom. The van der Waals surface area contributed by atoms with Gasteiger partial charge in [-0.1, -0.05) is 37.3 Å². The highest BCUT2D eigenvalue weighted by Crippen LogP contribution is 2.34. The van der Waals surface area contributed by atoms with Gasteiger partial charge in [0.25, 0.3) is 0 Å². The second-order valence-corrected chi connectivity index (χ2v) is 7.57. The molecule has 1 fully saturated rings. The van der Waals surface area contributed by atoms with Crippen LogP contribution in [0, 0.1) is 11.7 Å². The smallest absolute Gasteiger partial charge is 0.225 e. The lowest BCUT2D eigenvalue weighted by Gasteiger charge is -2.33. The number of hydrogen-bond donors (Lipinski definition) is 0. The summed E-state index contributed by atoms with van der Waals surface area (Å²) in [6, 6.07) is 6.63. The van der Waals surface area contributed by atoms with Crippen LogP contribution >= 0.6 is 11.3 Å². The third-order valence-electron chi connectivity index (χ3n) is 4.96. The average Bonchev–Trinajstić information content (AvgIpc) is 3.13. The van der Waals surface area contributed by atoms with Gasteiger partial charge in [-0.3, -0.25) is 4.79 Å². The van der Waals surface area contributed by atoms with Crippen LogP contribution in [0.1, 0.15) is 50.5 Å². The van der Waals surface area contributed by atoms with Crippen molar-refractivity contribution in [1.82, 2.24) is 15.1 Å². The van der Waals surface area contributed by atoms with E-state index in [1.165, 1.54) is 17.4 Å². The number of likely N-dealkylation sites (tertiary alicyclic amines) is 1. The molecule has 1 aliphatic rings. The highest BCUT2D eigenvalue weighted by Gasteiger charge is 2.30. The molecule has 0 bridgehead atoms. The summed E-state index contributed by atoms with van der Waals surface area (Å²) in [6.07, 6.45) is 3.74. The van der Waals surface area contributed by atoms with Gasteiger partial charge < -0.3 is 4.90 Å². The minimum atomic E-state index is -0.278. The first-order valence-corrected chi connectivity index (χ1v) is 9.82. The molecular formula is C19H24FN3OS. The summed E-state index contributed by atoms with van der Waals surface area (Å²) in [5, 5.41) is 10.00. The number of carbonyl (C=O) groups is 1. The van der Waals surface area contributed by atoms with E-state index in [4.69, 9.17) is 0 Å². The standard InChI is InChI=1S/C19H24FN3OS/c1-3-13(4-2)19(24)23-11-7-8-14(12-23)17-21-22-18(25-17)15-9-5-6-10-16(15)20/h5-6,9-10,13-14H,3-4,7-8,11-12H2,1-2H3. The monoisotopic (exact) mass is 361 g/mol. The van der Waals surface area contributed by atoms with Gasteiger partial charge in [0, 0.05) is 30.5 Å². The van der Waals surface area contributed by atoms with Crippen molar-refractivity contribution in [3.05, 3.63) is 35.1 Å². The van der Waals surface area contributed by atoms with Crippen molar-refractivity contribution in [3.8, 4) is 10.6 Å². The molecule has 2 aromatic rings. The predicted octanol–water partition coefficient (Wildman–Crippen LogP) is 4.49. The lowest BCUT2D eigenvalue weighted by atomic mass is 9.95. The Kier molecular flexibility index (Phi) is 5.78. The van der Waals surface area contributed by atoms with Crippen molar-refractivity contribution >= 4 is 17.2 Å². The Balaban J connectivity index is 1.74. The van der Waals surface area contributed by atoms with Crippen LogP contribution in [0.5, 0.6) is 0 Å². The van der Waals surface area contributed by atoms with Crippen LogP contribution in [-0.2, 0) is 4.79 Å². The number of piperidine rings is 1. The molecule has 134 valence electrons. The van der Waals surface area contributed by atoms with Gasteiger partial charge in [-0.2, -0.15) is 0 Å². The molecule has 1 atom stereocenters. The summed E-state index contributed by atoms with van der Waals surface area (Å²) in [5.41, 5.74) is 0.493. The van der Waals surface area contributed by atoms with Crippen molar-refractivity contribution in [2.75, 3.05) is 13.1 Å². The Labute approximate surface area is 152 Å². The van der Waals surface area contributed by atoms with Crippen LogP contribution in [0.3, 0.4) is 0 Å². The first-order valence-electron chi connectivity index (χ1n) is 9.01. The quantitative estimate of drug-likeness (QED) is 0.788.